The summed E-state index contributed by atoms with van der Waals surface area (Å²) >= 11 is 0. The number of hydrogen-bond acceptors (Lipinski definition) is 4. The minimum absolute atomic E-state index is 0.135. The number of phenols is 3. The van der Waals surface area contributed by atoms with Gasteiger partial charge >= 0.3 is 0 Å². The van der Waals surface area contributed by atoms with Gasteiger partial charge in [-0.05, 0) is 24.5 Å². The smallest absolute Gasteiger partial charge is 0.240 e. The Labute approximate surface area is 104 Å². The van der Waals surface area contributed by atoms with Crippen LogP contribution in [0.5, 0.6) is 17.2 Å². The molecule has 0 heterocycles. The van der Waals surface area contributed by atoms with Gasteiger partial charge in [0.25, 0.3) is 0 Å². The highest BCUT2D eigenvalue weighted by Crippen LogP contribution is 2.37. The number of hydrogen-bond donors (Lipinski definition) is 3. The zero-order valence-electron chi connectivity index (χ0n) is 9.34. The molecule has 0 saturated carbocycles. The summed E-state index contributed by atoms with van der Waals surface area (Å²) in [5.74, 6) is 2.58. The molecule has 0 bridgehead atoms. The second kappa shape index (κ2) is 4.68. The van der Waals surface area contributed by atoms with E-state index >= 15 is 0 Å². The first-order chi connectivity index (χ1) is 8.59. The van der Waals surface area contributed by atoms with Crippen molar-refractivity contribution in [3.63, 3.8) is 0 Å². The fourth-order valence-electron chi connectivity index (χ4n) is 1.50. The van der Waals surface area contributed by atoms with E-state index in [-0.39, 0.29) is 5.56 Å². The molecule has 18 heavy (non-hydrogen) atoms. The number of rotatable bonds is 1. The summed E-state index contributed by atoms with van der Waals surface area (Å²) in [5.41, 5.74) is 0.676. The van der Waals surface area contributed by atoms with Crippen molar-refractivity contribution < 1.29 is 20.1 Å². The van der Waals surface area contributed by atoms with Crippen LogP contribution < -0.4 is 0 Å². The molecule has 90 valence electrons. The SMILES string of the molecule is O=C(C#CC1=CC=CC1)c1ccc(O)c(O)c1O. The third-order valence-electron chi connectivity index (χ3n) is 2.48. The molecule has 0 spiro atoms. The lowest BCUT2D eigenvalue weighted by molar-refractivity contribution is 0.105. The molecule has 1 aliphatic rings. The molecule has 0 saturated heterocycles. The van der Waals surface area contributed by atoms with Crippen LogP contribution in [-0.4, -0.2) is 21.1 Å². The second-order valence-electron chi connectivity index (χ2n) is 3.73. The number of aromatic hydroxyl groups is 3. The lowest BCUT2D eigenvalue weighted by atomic mass is 10.1. The summed E-state index contributed by atoms with van der Waals surface area (Å²) in [6.45, 7) is 0. The topological polar surface area (TPSA) is 77.8 Å². The van der Waals surface area contributed by atoms with Gasteiger partial charge in [0.1, 0.15) is 0 Å². The molecule has 0 atom stereocenters. The standard InChI is InChI=1S/C14H10O4/c15-11(7-5-9-3-1-2-4-9)10-6-8-12(16)14(18)13(10)17/h1-3,6,8,16-18H,4H2. The van der Waals surface area contributed by atoms with Crippen LogP contribution in [0.25, 0.3) is 0 Å². The fourth-order valence-corrected chi connectivity index (χ4v) is 1.50. The summed E-state index contributed by atoms with van der Waals surface area (Å²) in [6.07, 6.45) is 6.25. The Morgan fingerprint density at radius 3 is 2.61 bits per heavy atom. The Balaban J connectivity index is 2.27. The molecule has 4 nitrogen and oxygen atoms in total. The summed E-state index contributed by atoms with van der Waals surface area (Å²) < 4.78 is 0. The summed E-state index contributed by atoms with van der Waals surface area (Å²) in [6, 6.07) is 2.34. The van der Waals surface area contributed by atoms with Gasteiger partial charge in [-0.1, -0.05) is 24.1 Å². The zero-order chi connectivity index (χ0) is 13.1. The van der Waals surface area contributed by atoms with Crippen LogP contribution in [-0.2, 0) is 0 Å². The number of phenolic OH excluding ortho intramolecular Hbond substituents is 3. The van der Waals surface area contributed by atoms with Crippen LogP contribution >= 0.6 is 0 Å². The van der Waals surface area contributed by atoms with Crippen molar-refractivity contribution in [1.29, 1.82) is 0 Å². The molecule has 0 radical (unpaired) electrons. The van der Waals surface area contributed by atoms with E-state index in [1.54, 1.807) is 6.08 Å². The lowest BCUT2D eigenvalue weighted by Crippen LogP contribution is -1.96. The minimum atomic E-state index is -0.718. The third-order valence-corrected chi connectivity index (χ3v) is 2.48. The number of Topliss-reactive ketones (excluding diaryl/α,β-unsaturated/α-hetero) is 1. The van der Waals surface area contributed by atoms with Crippen molar-refractivity contribution in [2.75, 3.05) is 0 Å². The van der Waals surface area contributed by atoms with E-state index < -0.39 is 23.0 Å². The first-order valence-corrected chi connectivity index (χ1v) is 5.25. The molecule has 0 aliphatic heterocycles. The average Bonchev–Trinajstić information content (AvgIpc) is 2.86. The van der Waals surface area contributed by atoms with Crippen LogP contribution in [0.1, 0.15) is 16.8 Å². The van der Waals surface area contributed by atoms with E-state index in [2.05, 4.69) is 11.8 Å². The van der Waals surface area contributed by atoms with E-state index in [1.807, 2.05) is 12.2 Å². The molecule has 4 heteroatoms. The minimum Gasteiger partial charge on any atom is -0.504 e. The van der Waals surface area contributed by atoms with Crippen LogP contribution in [0.4, 0.5) is 0 Å². The van der Waals surface area contributed by atoms with Gasteiger partial charge in [-0.15, -0.1) is 0 Å². The highest BCUT2D eigenvalue weighted by Gasteiger charge is 2.15. The Bertz CT molecular complexity index is 627. The number of ketones is 1. The Hall–Kier alpha value is -2.67. The van der Waals surface area contributed by atoms with Gasteiger partial charge < -0.3 is 15.3 Å². The van der Waals surface area contributed by atoms with Gasteiger partial charge in [0.15, 0.2) is 11.5 Å². The Morgan fingerprint density at radius 1 is 1.17 bits per heavy atom. The molecule has 0 unspecified atom stereocenters. The molecule has 0 fully saturated rings. The average molecular weight is 242 g/mol. The molecule has 1 aliphatic carbocycles. The van der Waals surface area contributed by atoms with Crippen molar-refractivity contribution in [3.05, 3.63) is 41.5 Å². The molecule has 0 amide bonds. The maximum atomic E-state index is 11.7. The highest BCUT2D eigenvalue weighted by atomic mass is 16.3. The van der Waals surface area contributed by atoms with E-state index in [4.69, 9.17) is 5.11 Å². The normalized spacial score (nSPS) is 12.8. The van der Waals surface area contributed by atoms with Gasteiger partial charge in [0.2, 0.25) is 11.5 Å². The molecular weight excluding hydrogens is 232 g/mol. The third kappa shape index (κ3) is 2.20. The molecule has 3 N–H and O–H groups in total. The highest BCUT2D eigenvalue weighted by molar-refractivity contribution is 6.11. The predicted molar refractivity (Wildman–Crippen MR) is 65.4 cm³/mol. The monoisotopic (exact) mass is 242 g/mol. The van der Waals surface area contributed by atoms with Crippen molar-refractivity contribution in [3.8, 4) is 29.1 Å². The van der Waals surface area contributed by atoms with Gasteiger partial charge in [0.05, 0.1) is 5.56 Å². The quantitative estimate of drug-likeness (QED) is 0.304. The maximum absolute atomic E-state index is 11.7. The van der Waals surface area contributed by atoms with Gasteiger partial charge in [-0.25, -0.2) is 0 Å². The van der Waals surface area contributed by atoms with Crippen molar-refractivity contribution in [1.82, 2.24) is 0 Å². The van der Waals surface area contributed by atoms with E-state index in [0.717, 1.165) is 11.6 Å². The molecular formula is C14H10O4. The van der Waals surface area contributed by atoms with E-state index in [9.17, 15) is 15.0 Å². The Morgan fingerprint density at radius 2 is 1.94 bits per heavy atom. The van der Waals surface area contributed by atoms with Crippen LogP contribution in [0.3, 0.4) is 0 Å². The summed E-state index contributed by atoms with van der Waals surface area (Å²) in [5, 5.41) is 27.9. The second-order valence-corrected chi connectivity index (χ2v) is 3.73. The van der Waals surface area contributed by atoms with E-state index in [0.29, 0.717) is 6.42 Å². The van der Waals surface area contributed by atoms with Crippen molar-refractivity contribution in [2.45, 2.75) is 6.42 Å². The zero-order valence-corrected chi connectivity index (χ0v) is 9.34. The van der Waals surface area contributed by atoms with Crippen LogP contribution in [0.15, 0.2) is 35.9 Å². The number of carbonyl (C=O) groups excluding carboxylic acids is 1. The molecule has 2 rings (SSSR count). The summed E-state index contributed by atoms with van der Waals surface area (Å²) in [4.78, 5) is 11.7. The number of carbonyl (C=O) groups is 1. The van der Waals surface area contributed by atoms with Gasteiger partial charge in [-0.3, -0.25) is 4.79 Å². The first kappa shape index (κ1) is 11.8. The molecule has 1 aromatic rings. The van der Waals surface area contributed by atoms with Crippen LogP contribution in [0.2, 0.25) is 0 Å². The molecule has 0 aromatic heterocycles. The van der Waals surface area contributed by atoms with Gasteiger partial charge in [-0.2, -0.15) is 0 Å². The summed E-state index contributed by atoms with van der Waals surface area (Å²) in [7, 11) is 0. The first-order valence-electron chi connectivity index (χ1n) is 5.25. The number of allylic oxidation sites excluding steroid dienone is 4. The number of benzene rings is 1. The van der Waals surface area contributed by atoms with E-state index in [1.165, 1.54) is 6.07 Å². The van der Waals surface area contributed by atoms with Crippen molar-refractivity contribution >= 4 is 5.78 Å². The Kier molecular flexibility index (Phi) is 3.07. The lowest BCUT2D eigenvalue weighted by Gasteiger charge is -2.03. The molecule has 1 aromatic carbocycles. The fraction of sp³-hybridized carbons (Fsp3) is 0.0714. The predicted octanol–water partition coefficient (Wildman–Crippen LogP) is 1.88. The van der Waals surface area contributed by atoms with Crippen molar-refractivity contribution in [2.24, 2.45) is 0 Å². The van der Waals surface area contributed by atoms with Crippen LogP contribution in [0, 0.1) is 11.8 Å². The maximum Gasteiger partial charge on any atom is 0.240 e. The van der Waals surface area contributed by atoms with Gasteiger partial charge in [0, 0.05) is 5.57 Å². The largest absolute Gasteiger partial charge is 0.504 e.